The molecular weight excluding hydrogens is 324 g/mol. The molecule has 136 valence electrons. The highest BCUT2D eigenvalue weighted by molar-refractivity contribution is 5.95. The van der Waals surface area contributed by atoms with E-state index in [-0.39, 0.29) is 23.3 Å². The molecule has 0 bridgehead atoms. The van der Waals surface area contributed by atoms with E-state index in [0.717, 1.165) is 24.5 Å². The Kier molecular flexibility index (Phi) is 7.23. The minimum atomic E-state index is -1.43. The second-order valence-corrected chi connectivity index (χ2v) is 6.21. The zero-order chi connectivity index (χ0) is 19.1. The van der Waals surface area contributed by atoms with Crippen molar-refractivity contribution in [3.05, 3.63) is 46.1 Å². The summed E-state index contributed by atoms with van der Waals surface area (Å²) in [7, 11) is 0. The molecule has 0 unspecified atom stereocenters. The van der Waals surface area contributed by atoms with E-state index in [0.29, 0.717) is 0 Å². The van der Waals surface area contributed by atoms with Crippen molar-refractivity contribution in [2.75, 3.05) is 0 Å². The second-order valence-electron chi connectivity index (χ2n) is 6.21. The van der Waals surface area contributed by atoms with Crippen LogP contribution in [0.3, 0.4) is 0 Å². The summed E-state index contributed by atoms with van der Waals surface area (Å²) < 4.78 is 0. The SMILES string of the molecule is CC(C)=CCC/C(C)=C/Cc1c(O)cc(CC(=O)O)c(C(=O)O)c1O. The van der Waals surface area contributed by atoms with Gasteiger partial charge in [-0.1, -0.05) is 23.3 Å². The molecule has 1 aromatic carbocycles. The standard InChI is InChI=1S/C19H24O6/c1-11(2)5-4-6-12(3)7-8-14-15(20)9-13(10-16(21)22)17(18(14)23)19(24)25/h5,7,9,20,23H,4,6,8,10H2,1-3H3,(H,21,22)(H,24,25)/b12-7+. The molecule has 0 saturated carbocycles. The highest BCUT2D eigenvalue weighted by Gasteiger charge is 2.23. The maximum Gasteiger partial charge on any atom is 0.339 e. The molecule has 0 aromatic heterocycles. The third-order valence-electron chi connectivity index (χ3n) is 3.77. The number of aromatic carboxylic acids is 1. The van der Waals surface area contributed by atoms with Gasteiger partial charge < -0.3 is 20.4 Å². The predicted molar refractivity (Wildman–Crippen MR) is 94.2 cm³/mol. The van der Waals surface area contributed by atoms with Crippen molar-refractivity contribution >= 4 is 11.9 Å². The normalized spacial score (nSPS) is 11.2. The lowest BCUT2D eigenvalue weighted by molar-refractivity contribution is -0.136. The van der Waals surface area contributed by atoms with Gasteiger partial charge in [-0.3, -0.25) is 4.79 Å². The summed E-state index contributed by atoms with van der Waals surface area (Å²) in [5, 5.41) is 38.4. The minimum Gasteiger partial charge on any atom is -0.508 e. The summed E-state index contributed by atoms with van der Waals surface area (Å²) in [6.45, 7) is 5.95. The van der Waals surface area contributed by atoms with Crippen molar-refractivity contribution in [3.8, 4) is 11.5 Å². The van der Waals surface area contributed by atoms with Crippen LogP contribution in [-0.4, -0.2) is 32.4 Å². The maximum absolute atomic E-state index is 11.4. The van der Waals surface area contributed by atoms with Crippen LogP contribution in [0.4, 0.5) is 0 Å². The largest absolute Gasteiger partial charge is 0.508 e. The fourth-order valence-corrected chi connectivity index (χ4v) is 2.46. The average Bonchev–Trinajstić information content (AvgIpc) is 2.45. The summed E-state index contributed by atoms with van der Waals surface area (Å²) in [4.78, 5) is 22.2. The highest BCUT2D eigenvalue weighted by Crippen LogP contribution is 2.35. The van der Waals surface area contributed by atoms with Crippen LogP contribution >= 0.6 is 0 Å². The van der Waals surface area contributed by atoms with Gasteiger partial charge in [0.05, 0.1) is 6.42 Å². The molecule has 0 aliphatic rings. The summed E-state index contributed by atoms with van der Waals surface area (Å²) in [6.07, 6.45) is 5.17. The summed E-state index contributed by atoms with van der Waals surface area (Å²) >= 11 is 0. The molecular formula is C19H24O6. The molecule has 1 aromatic rings. The molecule has 0 aliphatic carbocycles. The number of aromatic hydroxyl groups is 2. The van der Waals surface area contributed by atoms with E-state index < -0.39 is 29.7 Å². The molecule has 0 fully saturated rings. The third-order valence-corrected chi connectivity index (χ3v) is 3.77. The number of hydrogen-bond acceptors (Lipinski definition) is 4. The number of benzene rings is 1. The van der Waals surface area contributed by atoms with Crippen molar-refractivity contribution in [2.45, 2.75) is 46.5 Å². The number of carboxylic acids is 2. The molecule has 0 aliphatic heterocycles. The molecule has 1 rings (SSSR count). The zero-order valence-corrected chi connectivity index (χ0v) is 14.7. The Morgan fingerprint density at radius 2 is 1.72 bits per heavy atom. The van der Waals surface area contributed by atoms with Crippen LogP contribution in [0.1, 0.15) is 55.1 Å². The van der Waals surface area contributed by atoms with Crippen molar-refractivity contribution in [2.24, 2.45) is 0 Å². The average molecular weight is 348 g/mol. The molecule has 4 N–H and O–H groups in total. The molecule has 0 radical (unpaired) electrons. The molecule has 6 heteroatoms. The van der Waals surface area contributed by atoms with Gasteiger partial charge >= 0.3 is 11.9 Å². The van der Waals surface area contributed by atoms with Gasteiger partial charge in [0.15, 0.2) is 0 Å². The first-order chi connectivity index (χ1) is 11.6. The fourth-order valence-electron chi connectivity index (χ4n) is 2.46. The summed E-state index contributed by atoms with van der Waals surface area (Å²) in [5.41, 5.74) is 1.73. The van der Waals surface area contributed by atoms with Crippen LogP contribution in [0.2, 0.25) is 0 Å². The number of aliphatic carboxylic acids is 1. The second kappa shape index (κ2) is 8.92. The topological polar surface area (TPSA) is 115 Å². The smallest absolute Gasteiger partial charge is 0.339 e. The minimum absolute atomic E-state index is 0.0769. The molecule has 0 atom stereocenters. The molecule has 0 heterocycles. The third kappa shape index (κ3) is 5.99. The van der Waals surface area contributed by atoms with Gasteiger partial charge in [0.2, 0.25) is 0 Å². The van der Waals surface area contributed by atoms with Gasteiger partial charge in [-0.25, -0.2) is 4.79 Å². The molecule has 25 heavy (non-hydrogen) atoms. The first-order valence-electron chi connectivity index (χ1n) is 7.94. The Morgan fingerprint density at radius 3 is 2.24 bits per heavy atom. The van der Waals surface area contributed by atoms with E-state index in [1.54, 1.807) is 0 Å². The van der Waals surface area contributed by atoms with Gasteiger partial charge in [-0.05, 0) is 51.7 Å². The quantitative estimate of drug-likeness (QED) is 0.533. The van der Waals surface area contributed by atoms with Crippen LogP contribution in [0, 0.1) is 0 Å². The number of phenolic OH excluding ortho intramolecular Hbond substituents is 1. The monoisotopic (exact) mass is 348 g/mol. The molecule has 0 amide bonds. The number of rotatable bonds is 8. The maximum atomic E-state index is 11.4. The number of carbonyl (C=O) groups is 2. The van der Waals surface area contributed by atoms with Crippen molar-refractivity contribution in [1.82, 2.24) is 0 Å². The number of hydrogen-bond donors (Lipinski definition) is 4. The van der Waals surface area contributed by atoms with E-state index in [1.165, 1.54) is 5.57 Å². The Morgan fingerprint density at radius 1 is 1.08 bits per heavy atom. The van der Waals surface area contributed by atoms with Crippen LogP contribution in [0.5, 0.6) is 11.5 Å². The van der Waals surface area contributed by atoms with E-state index in [2.05, 4.69) is 6.08 Å². The van der Waals surface area contributed by atoms with Crippen molar-refractivity contribution in [3.63, 3.8) is 0 Å². The number of phenols is 2. The summed E-state index contributed by atoms with van der Waals surface area (Å²) in [5.74, 6) is -3.58. The number of allylic oxidation sites excluding steroid dienone is 4. The Hall–Kier alpha value is -2.76. The first-order valence-corrected chi connectivity index (χ1v) is 7.94. The van der Waals surface area contributed by atoms with Gasteiger partial charge in [0.1, 0.15) is 17.1 Å². The van der Waals surface area contributed by atoms with Gasteiger partial charge in [-0.15, -0.1) is 0 Å². The van der Waals surface area contributed by atoms with Crippen LogP contribution < -0.4 is 0 Å². The first kappa shape index (κ1) is 20.3. The van der Waals surface area contributed by atoms with Gasteiger partial charge in [-0.2, -0.15) is 0 Å². The zero-order valence-electron chi connectivity index (χ0n) is 14.7. The molecule has 0 spiro atoms. The Labute approximate surface area is 146 Å². The Bertz CT molecular complexity index is 724. The van der Waals surface area contributed by atoms with Crippen LogP contribution in [0.15, 0.2) is 29.4 Å². The lowest BCUT2D eigenvalue weighted by atomic mass is 9.96. The van der Waals surface area contributed by atoms with E-state index in [9.17, 15) is 24.9 Å². The highest BCUT2D eigenvalue weighted by atomic mass is 16.4. The molecule has 6 nitrogen and oxygen atoms in total. The van der Waals surface area contributed by atoms with Crippen LogP contribution in [0.25, 0.3) is 0 Å². The van der Waals surface area contributed by atoms with E-state index in [1.807, 2.05) is 26.8 Å². The summed E-state index contributed by atoms with van der Waals surface area (Å²) in [6, 6.07) is 1.10. The van der Waals surface area contributed by atoms with Gasteiger partial charge in [0.25, 0.3) is 0 Å². The van der Waals surface area contributed by atoms with Crippen LogP contribution in [-0.2, 0) is 17.6 Å². The van der Waals surface area contributed by atoms with Gasteiger partial charge in [0, 0.05) is 5.56 Å². The van der Waals surface area contributed by atoms with E-state index in [4.69, 9.17) is 5.11 Å². The number of carboxylic acid groups (broad SMARTS) is 2. The molecule has 0 saturated heterocycles. The lowest BCUT2D eigenvalue weighted by Crippen LogP contribution is -2.09. The predicted octanol–water partition coefficient (Wildman–Crippen LogP) is 3.66. The van der Waals surface area contributed by atoms with E-state index >= 15 is 0 Å². The lowest BCUT2D eigenvalue weighted by Gasteiger charge is -2.12. The fraction of sp³-hybridized carbons (Fsp3) is 0.368. The van der Waals surface area contributed by atoms with Crippen molar-refractivity contribution in [1.29, 1.82) is 0 Å². The Balaban J connectivity index is 3.12. The van der Waals surface area contributed by atoms with Crippen molar-refractivity contribution < 1.29 is 30.0 Å².